The Bertz CT molecular complexity index is 273. The van der Waals surface area contributed by atoms with Gasteiger partial charge in [0.05, 0.1) is 5.92 Å². The largest absolute Gasteiger partial charge is 0.481 e. The zero-order chi connectivity index (χ0) is 10.3. The molecule has 2 atom stereocenters. The van der Waals surface area contributed by atoms with Crippen molar-refractivity contribution in [3.8, 4) is 0 Å². The molecule has 2 aliphatic rings. The molecule has 2 rings (SSSR count). The van der Waals surface area contributed by atoms with Gasteiger partial charge in [0.1, 0.15) is 0 Å². The topological polar surface area (TPSA) is 57.6 Å². The number of amides is 1. The minimum atomic E-state index is -0.745. The average Bonchev–Trinajstić information content (AvgIpc) is 2.83. The summed E-state index contributed by atoms with van der Waals surface area (Å²) in [6.45, 7) is 2.57. The van der Waals surface area contributed by atoms with E-state index in [0.29, 0.717) is 19.0 Å². The highest BCUT2D eigenvalue weighted by atomic mass is 16.4. The van der Waals surface area contributed by atoms with Crippen molar-refractivity contribution in [2.45, 2.75) is 19.8 Å². The highest BCUT2D eigenvalue weighted by molar-refractivity contribution is 5.77. The molecule has 0 unspecified atom stereocenters. The molecule has 1 heterocycles. The standard InChI is InChI=1S/C10H15NO3/c1-6(12)11-4-8(7-2-3-7)9(5-11)10(13)14/h7-9H,2-5H2,1H3,(H,13,14)/t8-,9+/m1/s1. The SMILES string of the molecule is CC(=O)N1C[C@H](C(=O)O)[C@@H](C2CC2)C1. The third-order valence-electron chi connectivity index (χ3n) is 3.36. The van der Waals surface area contributed by atoms with Crippen LogP contribution in [-0.2, 0) is 9.59 Å². The van der Waals surface area contributed by atoms with Gasteiger partial charge in [-0.2, -0.15) is 0 Å². The van der Waals surface area contributed by atoms with Crippen LogP contribution in [0, 0.1) is 17.8 Å². The van der Waals surface area contributed by atoms with Crippen molar-refractivity contribution in [2.24, 2.45) is 17.8 Å². The molecule has 0 bridgehead atoms. The van der Waals surface area contributed by atoms with E-state index >= 15 is 0 Å². The molecule has 1 aliphatic heterocycles. The molecule has 0 aromatic heterocycles. The maximum Gasteiger partial charge on any atom is 0.308 e. The zero-order valence-corrected chi connectivity index (χ0v) is 8.27. The molecule has 4 heteroatoms. The Hall–Kier alpha value is -1.06. The van der Waals surface area contributed by atoms with E-state index in [2.05, 4.69) is 0 Å². The fraction of sp³-hybridized carbons (Fsp3) is 0.800. The van der Waals surface area contributed by atoms with Crippen molar-refractivity contribution < 1.29 is 14.7 Å². The van der Waals surface area contributed by atoms with Gasteiger partial charge in [0.25, 0.3) is 0 Å². The average molecular weight is 197 g/mol. The Morgan fingerprint density at radius 1 is 1.29 bits per heavy atom. The molecule has 0 spiro atoms. The smallest absolute Gasteiger partial charge is 0.308 e. The van der Waals surface area contributed by atoms with Gasteiger partial charge in [0.2, 0.25) is 5.91 Å². The quantitative estimate of drug-likeness (QED) is 0.704. The molecule has 4 nitrogen and oxygen atoms in total. The van der Waals surface area contributed by atoms with E-state index in [1.807, 2.05) is 0 Å². The predicted molar refractivity (Wildman–Crippen MR) is 49.6 cm³/mol. The fourth-order valence-electron chi connectivity index (χ4n) is 2.35. The summed E-state index contributed by atoms with van der Waals surface area (Å²) >= 11 is 0. The Labute approximate surface area is 82.9 Å². The molecule has 1 saturated carbocycles. The van der Waals surface area contributed by atoms with Crippen molar-refractivity contribution in [1.29, 1.82) is 0 Å². The second kappa shape index (κ2) is 3.26. The number of carboxylic acids is 1. The van der Waals surface area contributed by atoms with Gasteiger partial charge in [-0.15, -0.1) is 0 Å². The molecular formula is C10H15NO3. The van der Waals surface area contributed by atoms with Crippen LogP contribution in [-0.4, -0.2) is 35.0 Å². The molecule has 0 aromatic rings. The molecular weight excluding hydrogens is 182 g/mol. The van der Waals surface area contributed by atoms with Gasteiger partial charge in [-0.1, -0.05) is 0 Å². The molecule has 0 aromatic carbocycles. The van der Waals surface area contributed by atoms with Gasteiger partial charge < -0.3 is 10.0 Å². The lowest BCUT2D eigenvalue weighted by molar-refractivity contribution is -0.142. The Kier molecular flexibility index (Phi) is 2.21. The first-order chi connectivity index (χ1) is 6.59. The minimum absolute atomic E-state index is 0.000556. The summed E-state index contributed by atoms with van der Waals surface area (Å²) in [6.07, 6.45) is 2.28. The number of hydrogen-bond acceptors (Lipinski definition) is 2. The van der Waals surface area contributed by atoms with E-state index in [-0.39, 0.29) is 17.7 Å². The number of carboxylic acid groups (broad SMARTS) is 1. The third-order valence-corrected chi connectivity index (χ3v) is 3.36. The first-order valence-electron chi connectivity index (χ1n) is 5.08. The van der Waals surface area contributed by atoms with Crippen molar-refractivity contribution in [3.63, 3.8) is 0 Å². The first kappa shape index (κ1) is 9.49. The summed E-state index contributed by atoms with van der Waals surface area (Å²) in [7, 11) is 0. The number of hydrogen-bond donors (Lipinski definition) is 1. The maximum absolute atomic E-state index is 11.1. The van der Waals surface area contributed by atoms with Crippen LogP contribution in [0.1, 0.15) is 19.8 Å². The van der Waals surface area contributed by atoms with Crippen molar-refractivity contribution in [3.05, 3.63) is 0 Å². The van der Waals surface area contributed by atoms with E-state index < -0.39 is 5.97 Å². The van der Waals surface area contributed by atoms with Crippen molar-refractivity contribution >= 4 is 11.9 Å². The summed E-state index contributed by atoms with van der Waals surface area (Å²) in [5, 5.41) is 9.02. The Balaban J connectivity index is 2.07. The van der Waals surface area contributed by atoms with Gasteiger partial charge in [0, 0.05) is 20.0 Å². The molecule has 1 saturated heterocycles. The van der Waals surface area contributed by atoms with E-state index in [4.69, 9.17) is 5.11 Å². The number of carbonyl (C=O) groups is 2. The molecule has 78 valence electrons. The summed E-state index contributed by atoms with van der Waals surface area (Å²) in [6, 6.07) is 0. The first-order valence-corrected chi connectivity index (χ1v) is 5.08. The molecule has 2 fully saturated rings. The van der Waals surface area contributed by atoms with Gasteiger partial charge in [-0.05, 0) is 24.7 Å². The van der Waals surface area contributed by atoms with Crippen molar-refractivity contribution in [2.75, 3.05) is 13.1 Å². The predicted octanol–water partition coefficient (Wildman–Crippen LogP) is 0.575. The van der Waals surface area contributed by atoms with E-state index in [1.165, 1.54) is 6.92 Å². The van der Waals surface area contributed by atoms with Gasteiger partial charge in [0.15, 0.2) is 0 Å². The van der Waals surface area contributed by atoms with Crippen LogP contribution >= 0.6 is 0 Å². The lowest BCUT2D eigenvalue weighted by Crippen LogP contribution is -2.27. The number of carbonyl (C=O) groups excluding carboxylic acids is 1. The van der Waals surface area contributed by atoms with Gasteiger partial charge >= 0.3 is 5.97 Å². The Morgan fingerprint density at radius 2 is 1.93 bits per heavy atom. The molecule has 0 radical (unpaired) electrons. The highest BCUT2D eigenvalue weighted by Gasteiger charge is 2.46. The van der Waals surface area contributed by atoms with Crippen LogP contribution in [0.25, 0.3) is 0 Å². The van der Waals surface area contributed by atoms with Gasteiger partial charge in [-0.3, -0.25) is 9.59 Å². The van der Waals surface area contributed by atoms with Crippen molar-refractivity contribution in [1.82, 2.24) is 4.90 Å². The van der Waals surface area contributed by atoms with E-state index in [9.17, 15) is 9.59 Å². The number of aliphatic carboxylic acids is 1. The summed E-state index contributed by atoms with van der Waals surface area (Å²) in [4.78, 5) is 23.8. The normalized spacial score (nSPS) is 31.9. The Morgan fingerprint density at radius 3 is 2.36 bits per heavy atom. The monoisotopic (exact) mass is 197 g/mol. The van der Waals surface area contributed by atoms with Crippen LogP contribution in [0.5, 0.6) is 0 Å². The fourth-order valence-corrected chi connectivity index (χ4v) is 2.35. The molecule has 14 heavy (non-hydrogen) atoms. The highest BCUT2D eigenvalue weighted by Crippen LogP contribution is 2.43. The maximum atomic E-state index is 11.1. The number of nitrogens with zero attached hydrogens (tertiary/aromatic N) is 1. The minimum Gasteiger partial charge on any atom is -0.481 e. The third kappa shape index (κ3) is 1.61. The lowest BCUT2D eigenvalue weighted by atomic mass is 9.92. The van der Waals surface area contributed by atoms with Crippen LogP contribution in [0.3, 0.4) is 0 Å². The second-order valence-corrected chi connectivity index (χ2v) is 4.37. The molecule has 1 N–H and O–H groups in total. The van der Waals surface area contributed by atoms with Crippen LogP contribution in [0.2, 0.25) is 0 Å². The summed E-state index contributed by atoms with van der Waals surface area (Å²) in [5.74, 6) is -0.312. The van der Waals surface area contributed by atoms with Crippen LogP contribution < -0.4 is 0 Å². The van der Waals surface area contributed by atoms with E-state index in [1.54, 1.807) is 4.90 Å². The molecule has 1 amide bonds. The zero-order valence-electron chi connectivity index (χ0n) is 8.27. The van der Waals surface area contributed by atoms with E-state index in [0.717, 1.165) is 12.8 Å². The summed E-state index contributed by atoms with van der Waals surface area (Å²) in [5.41, 5.74) is 0. The number of likely N-dealkylation sites (tertiary alicyclic amines) is 1. The van der Waals surface area contributed by atoms with Gasteiger partial charge in [-0.25, -0.2) is 0 Å². The van der Waals surface area contributed by atoms with Crippen LogP contribution in [0.4, 0.5) is 0 Å². The molecule has 1 aliphatic carbocycles. The number of rotatable bonds is 2. The van der Waals surface area contributed by atoms with Crippen LogP contribution in [0.15, 0.2) is 0 Å². The summed E-state index contributed by atoms with van der Waals surface area (Å²) < 4.78 is 0. The lowest BCUT2D eigenvalue weighted by Gasteiger charge is -2.12. The second-order valence-electron chi connectivity index (χ2n) is 4.37.